The number of unbranched alkanes of at least 4 members (excludes halogenated alkanes) is 12. The number of benzene rings is 1. The Morgan fingerprint density at radius 3 is 2.00 bits per heavy atom. The van der Waals surface area contributed by atoms with Crippen molar-refractivity contribution in [2.45, 2.75) is 103 Å². The lowest BCUT2D eigenvalue weighted by Crippen LogP contribution is -2.06. The monoisotopic (exact) mass is 402 g/mol. The first-order valence-corrected chi connectivity index (χ1v) is 11.7. The highest BCUT2D eigenvalue weighted by Crippen LogP contribution is 2.24. The Bertz CT molecular complexity index is 577. The highest BCUT2D eigenvalue weighted by atomic mass is 16.5. The molecule has 0 bridgehead atoms. The summed E-state index contributed by atoms with van der Waals surface area (Å²) in [6.45, 7) is 2.26. The third-order valence-corrected chi connectivity index (χ3v) is 5.48. The smallest absolute Gasteiger partial charge is 0.341 e. The number of ether oxygens (including phenoxy) is 1. The Hall–Kier alpha value is -1.77. The van der Waals surface area contributed by atoms with Crippen LogP contribution in [0.1, 0.15) is 113 Å². The fraction of sp³-hybridized carbons (Fsp3) is 0.654. The lowest BCUT2D eigenvalue weighted by molar-refractivity contribution is 0.0596. The van der Waals surface area contributed by atoms with Crippen molar-refractivity contribution in [2.24, 2.45) is 0 Å². The number of phenolic OH excluding ortho intramolecular Hbond substituents is 1. The summed E-state index contributed by atoms with van der Waals surface area (Å²) in [4.78, 5) is 11.8. The zero-order valence-corrected chi connectivity index (χ0v) is 18.8. The molecule has 164 valence electrons. The number of allylic oxidation sites excluding steroid dienone is 2. The van der Waals surface area contributed by atoms with E-state index in [-0.39, 0.29) is 5.75 Å². The van der Waals surface area contributed by atoms with Gasteiger partial charge in [-0.1, -0.05) is 89.0 Å². The van der Waals surface area contributed by atoms with Gasteiger partial charge in [-0.2, -0.15) is 0 Å². The van der Waals surface area contributed by atoms with Crippen molar-refractivity contribution in [3.8, 4) is 5.75 Å². The summed E-state index contributed by atoms with van der Waals surface area (Å²) in [5, 5.41) is 9.92. The molecule has 0 aromatic heterocycles. The van der Waals surface area contributed by atoms with Gasteiger partial charge in [-0.15, -0.1) is 0 Å². The molecule has 0 aliphatic carbocycles. The molecule has 0 radical (unpaired) electrons. The van der Waals surface area contributed by atoms with Gasteiger partial charge in [0.15, 0.2) is 0 Å². The molecule has 1 aromatic rings. The molecule has 1 rings (SSSR count). The first-order chi connectivity index (χ1) is 14.2. The Morgan fingerprint density at radius 2 is 1.41 bits per heavy atom. The number of esters is 1. The van der Waals surface area contributed by atoms with Crippen LogP contribution in [0.2, 0.25) is 0 Å². The van der Waals surface area contributed by atoms with E-state index in [1.807, 2.05) is 6.07 Å². The van der Waals surface area contributed by atoms with Crippen molar-refractivity contribution in [2.75, 3.05) is 7.11 Å². The number of phenols is 1. The van der Waals surface area contributed by atoms with E-state index in [0.717, 1.165) is 24.8 Å². The van der Waals surface area contributed by atoms with Gasteiger partial charge in [-0.3, -0.25) is 0 Å². The summed E-state index contributed by atoms with van der Waals surface area (Å²) in [5.74, 6) is -0.441. The summed E-state index contributed by atoms with van der Waals surface area (Å²) < 4.78 is 4.79. The highest BCUT2D eigenvalue weighted by Gasteiger charge is 2.16. The second kappa shape index (κ2) is 17.1. The molecule has 0 spiro atoms. The first kappa shape index (κ1) is 25.3. The molecule has 1 N–H and O–H groups in total. The van der Waals surface area contributed by atoms with E-state index in [9.17, 15) is 9.90 Å². The molecular formula is C26H42O3. The average molecular weight is 403 g/mol. The molecule has 0 saturated carbocycles. The van der Waals surface area contributed by atoms with Gasteiger partial charge in [0, 0.05) is 0 Å². The van der Waals surface area contributed by atoms with Crippen LogP contribution in [0.3, 0.4) is 0 Å². The Balaban J connectivity index is 2.01. The topological polar surface area (TPSA) is 46.5 Å². The van der Waals surface area contributed by atoms with Gasteiger partial charge >= 0.3 is 5.97 Å². The highest BCUT2D eigenvalue weighted by molar-refractivity contribution is 5.94. The largest absolute Gasteiger partial charge is 0.507 e. The quantitative estimate of drug-likeness (QED) is 0.164. The van der Waals surface area contributed by atoms with Crippen molar-refractivity contribution in [1.82, 2.24) is 0 Å². The van der Waals surface area contributed by atoms with E-state index in [0.29, 0.717) is 5.56 Å². The van der Waals surface area contributed by atoms with Crippen molar-refractivity contribution in [3.63, 3.8) is 0 Å². The number of hydrogen-bond donors (Lipinski definition) is 1. The second-order valence-corrected chi connectivity index (χ2v) is 7.99. The number of aromatic hydroxyl groups is 1. The van der Waals surface area contributed by atoms with Crippen LogP contribution < -0.4 is 0 Å². The van der Waals surface area contributed by atoms with E-state index >= 15 is 0 Å². The molecule has 0 unspecified atom stereocenters. The lowest BCUT2D eigenvalue weighted by atomic mass is 9.99. The molecule has 29 heavy (non-hydrogen) atoms. The summed E-state index contributed by atoms with van der Waals surface area (Å²) >= 11 is 0. The van der Waals surface area contributed by atoms with Gasteiger partial charge in [0.25, 0.3) is 0 Å². The molecule has 0 aliphatic rings. The molecule has 3 nitrogen and oxygen atoms in total. The number of carbonyl (C=O) groups excluding carboxylic acids is 1. The van der Waals surface area contributed by atoms with Crippen LogP contribution in [0.5, 0.6) is 5.75 Å². The lowest BCUT2D eigenvalue weighted by Gasteiger charge is -2.09. The number of aryl methyl sites for hydroxylation is 1. The maximum atomic E-state index is 11.8. The van der Waals surface area contributed by atoms with Gasteiger partial charge < -0.3 is 9.84 Å². The minimum Gasteiger partial charge on any atom is -0.507 e. The second-order valence-electron chi connectivity index (χ2n) is 7.99. The molecule has 0 aliphatic heterocycles. The van der Waals surface area contributed by atoms with Crippen LogP contribution >= 0.6 is 0 Å². The van der Waals surface area contributed by atoms with E-state index in [1.54, 1.807) is 12.1 Å². The molecule has 0 atom stereocenters. The van der Waals surface area contributed by atoms with Crippen LogP contribution in [0, 0.1) is 0 Å². The molecule has 0 heterocycles. The van der Waals surface area contributed by atoms with Crippen LogP contribution in [0.15, 0.2) is 30.4 Å². The van der Waals surface area contributed by atoms with Gasteiger partial charge in [0.2, 0.25) is 0 Å². The summed E-state index contributed by atoms with van der Waals surface area (Å²) in [6, 6.07) is 5.24. The van der Waals surface area contributed by atoms with Crippen molar-refractivity contribution in [1.29, 1.82) is 0 Å². The van der Waals surface area contributed by atoms with E-state index in [4.69, 9.17) is 4.74 Å². The average Bonchev–Trinajstić information content (AvgIpc) is 2.73. The minimum absolute atomic E-state index is 0.0138. The normalized spacial score (nSPS) is 11.2. The van der Waals surface area contributed by atoms with E-state index in [1.165, 1.54) is 84.2 Å². The van der Waals surface area contributed by atoms with Crippen LogP contribution in [-0.2, 0) is 11.2 Å². The SMILES string of the molecule is CCCCCCC/C=C/CCCCCCCCCc1cccc(O)c1C(=O)OC. The summed E-state index contributed by atoms with van der Waals surface area (Å²) in [6.07, 6.45) is 23.5. The standard InChI is InChI=1S/C26H42O3/c1-3-4-5-6-7-8-9-10-11-12-13-14-15-16-17-18-20-23-21-19-22-24(27)25(23)26(28)29-2/h9-10,19,21-22,27H,3-8,11-18,20H2,1-2H3/b10-9+. The maximum Gasteiger partial charge on any atom is 0.341 e. The van der Waals surface area contributed by atoms with Gasteiger partial charge in [-0.05, 0) is 50.2 Å². The summed E-state index contributed by atoms with van der Waals surface area (Å²) in [5.41, 5.74) is 1.21. The molecular weight excluding hydrogens is 360 g/mol. The fourth-order valence-corrected chi connectivity index (χ4v) is 3.70. The molecule has 0 saturated heterocycles. The first-order valence-electron chi connectivity index (χ1n) is 11.7. The fourth-order valence-electron chi connectivity index (χ4n) is 3.70. The van der Waals surface area contributed by atoms with E-state index < -0.39 is 5.97 Å². The predicted molar refractivity (Wildman–Crippen MR) is 123 cm³/mol. The van der Waals surface area contributed by atoms with Crippen molar-refractivity contribution >= 4 is 5.97 Å². The van der Waals surface area contributed by atoms with E-state index in [2.05, 4.69) is 19.1 Å². The number of hydrogen-bond acceptors (Lipinski definition) is 3. The molecule has 0 amide bonds. The molecule has 3 heteroatoms. The Morgan fingerprint density at radius 1 is 0.862 bits per heavy atom. The minimum atomic E-state index is -0.455. The van der Waals surface area contributed by atoms with Crippen LogP contribution in [0.25, 0.3) is 0 Å². The summed E-state index contributed by atoms with van der Waals surface area (Å²) in [7, 11) is 1.35. The maximum absolute atomic E-state index is 11.8. The third kappa shape index (κ3) is 11.7. The molecule has 1 aromatic carbocycles. The number of carbonyl (C=O) groups is 1. The van der Waals surface area contributed by atoms with Gasteiger partial charge in [0.1, 0.15) is 11.3 Å². The van der Waals surface area contributed by atoms with Gasteiger partial charge in [0.05, 0.1) is 7.11 Å². The van der Waals surface area contributed by atoms with Crippen molar-refractivity contribution < 1.29 is 14.6 Å². The zero-order valence-electron chi connectivity index (χ0n) is 18.8. The zero-order chi connectivity index (χ0) is 21.2. The predicted octanol–water partition coefficient (Wildman–Crippen LogP) is 7.76. The Kier molecular flexibility index (Phi) is 14.9. The number of methoxy groups -OCH3 is 1. The van der Waals surface area contributed by atoms with Crippen LogP contribution in [0.4, 0.5) is 0 Å². The molecule has 0 fully saturated rings. The van der Waals surface area contributed by atoms with Gasteiger partial charge in [-0.25, -0.2) is 4.79 Å². The number of rotatable bonds is 17. The third-order valence-electron chi connectivity index (χ3n) is 5.48. The van der Waals surface area contributed by atoms with Crippen molar-refractivity contribution in [3.05, 3.63) is 41.5 Å². The van der Waals surface area contributed by atoms with Crippen LogP contribution in [-0.4, -0.2) is 18.2 Å². The Labute approximate surface area is 178 Å².